The molecule has 0 aliphatic heterocycles. The number of nitrogens with zero attached hydrogens (tertiary/aromatic N) is 3. The number of aromatic nitrogens is 3. The van der Waals surface area contributed by atoms with Crippen molar-refractivity contribution in [3.05, 3.63) is 78.1 Å². The number of carbonyl (C=O) groups excluding carboxylic acids is 1. The lowest BCUT2D eigenvalue weighted by Crippen LogP contribution is -2.26. The predicted octanol–water partition coefficient (Wildman–Crippen LogP) is 3.64. The Labute approximate surface area is 148 Å². The van der Waals surface area contributed by atoms with Gasteiger partial charge in [-0.25, -0.2) is 9.07 Å². The number of amides is 1. The van der Waals surface area contributed by atoms with Crippen molar-refractivity contribution < 1.29 is 13.6 Å². The van der Waals surface area contributed by atoms with E-state index in [-0.39, 0.29) is 23.5 Å². The number of hydrogen-bond donors (Lipinski definition) is 1. The highest BCUT2D eigenvalue weighted by Gasteiger charge is 2.18. The second-order valence-electron chi connectivity index (χ2n) is 5.91. The summed E-state index contributed by atoms with van der Waals surface area (Å²) in [5.74, 6) is -0.0525. The van der Waals surface area contributed by atoms with E-state index in [1.807, 2.05) is 37.3 Å². The minimum atomic E-state index is -0.369. The van der Waals surface area contributed by atoms with Crippen LogP contribution in [-0.4, -0.2) is 20.9 Å². The van der Waals surface area contributed by atoms with Crippen molar-refractivity contribution in [2.75, 3.05) is 0 Å². The number of rotatable bonds is 4. The molecule has 0 saturated carbocycles. The smallest absolute Gasteiger partial charge is 0.274 e. The SMILES string of the molecule is C[C@H](NC(=O)c1cn(-c2ccc(F)cc2)nn1)c1cc2ccccc2o1. The second-order valence-corrected chi connectivity index (χ2v) is 5.91. The van der Waals surface area contributed by atoms with Gasteiger partial charge in [0.2, 0.25) is 0 Å². The fraction of sp³-hybridized carbons (Fsp3) is 0.105. The van der Waals surface area contributed by atoms with E-state index in [9.17, 15) is 9.18 Å². The van der Waals surface area contributed by atoms with E-state index in [1.54, 1.807) is 12.1 Å². The van der Waals surface area contributed by atoms with Gasteiger partial charge in [-0.3, -0.25) is 4.79 Å². The van der Waals surface area contributed by atoms with E-state index in [0.717, 1.165) is 11.0 Å². The van der Waals surface area contributed by atoms with Gasteiger partial charge in [0.1, 0.15) is 17.2 Å². The third kappa shape index (κ3) is 3.06. The van der Waals surface area contributed by atoms with Crippen LogP contribution in [0.5, 0.6) is 0 Å². The largest absolute Gasteiger partial charge is 0.459 e. The third-order valence-electron chi connectivity index (χ3n) is 4.04. The van der Waals surface area contributed by atoms with Crippen LogP contribution < -0.4 is 5.32 Å². The topological polar surface area (TPSA) is 73.0 Å². The molecule has 0 bridgehead atoms. The Bertz CT molecular complexity index is 1040. The molecule has 0 aliphatic rings. The van der Waals surface area contributed by atoms with Crippen molar-refractivity contribution in [2.45, 2.75) is 13.0 Å². The lowest BCUT2D eigenvalue weighted by Gasteiger charge is -2.09. The molecule has 4 aromatic rings. The van der Waals surface area contributed by atoms with Gasteiger partial charge in [0, 0.05) is 5.39 Å². The monoisotopic (exact) mass is 350 g/mol. The van der Waals surface area contributed by atoms with Gasteiger partial charge in [0.15, 0.2) is 5.69 Å². The first-order chi connectivity index (χ1) is 12.6. The highest BCUT2D eigenvalue weighted by molar-refractivity contribution is 5.92. The predicted molar refractivity (Wildman–Crippen MR) is 93.4 cm³/mol. The van der Waals surface area contributed by atoms with E-state index < -0.39 is 0 Å². The molecule has 26 heavy (non-hydrogen) atoms. The van der Waals surface area contributed by atoms with E-state index in [2.05, 4.69) is 15.6 Å². The third-order valence-corrected chi connectivity index (χ3v) is 4.04. The molecule has 2 aromatic heterocycles. The summed E-state index contributed by atoms with van der Waals surface area (Å²) in [7, 11) is 0. The van der Waals surface area contributed by atoms with Gasteiger partial charge in [-0.1, -0.05) is 23.4 Å². The first-order valence-electron chi connectivity index (χ1n) is 8.08. The zero-order chi connectivity index (χ0) is 18.1. The number of carbonyl (C=O) groups is 1. The summed E-state index contributed by atoms with van der Waals surface area (Å²) in [6.45, 7) is 1.83. The Morgan fingerprint density at radius 2 is 1.96 bits per heavy atom. The van der Waals surface area contributed by atoms with Crippen LogP contribution >= 0.6 is 0 Å². The molecule has 2 heterocycles. The van der Waals surface area contributed by atoms with Crippen molar-refractivity contribution >= 4 is 16.9 Å². The van der Waals surface area contributed by atoms with Crippen LogP contribution in [0, 0.1) is 5.82 Å². The zero-order valence-electron chi connectivity index (χ0n) is 13.9. The number of benzene rings is 2. The lowest BCUT2D eigenvalue weighted by molar-refractivity contribution is 0.0930. The molecule has 0 aliphatic carbocycles. The van der Waals surface area contributed by atoms with Crippen LogP contribution in [0.15, 0.2) is 65.2 Å². The van der Waals surface area contributed by atoms with Crippen LogP contribution in [0.2, 0.25) is 0 Å². The summed E-state index contributed by atoms with van der Waals surface area (Å²) in [4.78, 5) is 12.4. The van der Waals surface area contributed by atoms with Gasteiger partial charge in [-0.2, -0.15) is 0 Å². The van der Waals surface area contributed by atoms with Crippen LogP contribution in [0.25, 0.3) is 16.7 Å². The van der Waals surface area contributed by atoms with Crippen molar-refractivity contribution in [1.82, 2.24) is 20.3 Å². The zero-order valence-corrected chi connectivity index (χ0v) is 13.9. The molecular weight excluding hydrogens is 335 g/mol. The average molecular weight is 350 g/mol. The van der Waals surface area contributed by atoms with Crippen LogP contribution in [0.3, 0.4) is 0 Å². The van der Waals surface area contributed by atoms with E-state index >= 15 is 0 Å². The first-order valence-corrected chi connectivity index (χ1v) is 8.08. The summed E-state index contributed by atoms with van der Waals surface area (Å²) in [5.41, 5.74) is 1.55. The Kier molecular flexibility index (Phi) is 3.96. The van der Waals surface area contributed by atoms with Crippen molar-refractivity contribution in [1.29, 1.82) is 0 Å². The quantitative estimate of drug-likeness (QED) is 0.610. The minimum absolute atomic E-state index is 0.164. The Hall–Kier alpha value is -3.48. The molecular formula is C19H15FN4O2. The van der Waals surface area contributed by atoms with Gasteiger partial charge in [-0.05, 0) is 43.3 Å². The van der Waals surface area contributed by atoms with Crippen molar-refractivity contribution in [2.24, 2.45) is 0 Å². The van der Waals surface area contributed by atoms with Gasteiger partial charge in [0.05, 0.1) is 17.9 Å². The Morgan fingerprint density at radius 3 is 2.73 bits per heavy atom. The molecule has 0 saturated heterocycles. The number of nitrogens with one attached hydrogen (secondary N) is 1. The Morgan fingerprint density at radius 1 is 1.19 bits per heavy atom. The Balaban J connectivity index is 1.50. The summed E-state index contributed by atoms with van der Waals surface area (Å²) in [6, 6.07) is 15.0. The number of furan rings is 1. The molecule has 2 aromatic carbocycles. The molecule has 1 amide bonds. The average Bonchev–Trinajstić information content (AvgIpc) is 3.29. The number of para-hydroxylation sites is 1. The summed E-state index contributed by atoms with van der Waals surface area (Å²) in [5, 5.41) is 11.6. The van der Waals surface area contributed by atoms with E-state index in [0.29, 0.717) is 11.4 Å². The second kappa shape index (κ2) is 6.44. The van der Waals surface area contributed by atoms with Crippen LogP contribution in [-0.2, 0) is 0 Å². The highest BCUT2D eigenvalue weighted by atomic mass is 19.1. The molecule has 7 heteroatoms. The highest BCUT2D eigenvalue weighted by Crippen LogP contribution is 2.23. The summed E-state index contributed by atoms with van der Waals surface area (Å²) >= 11 is 0. The van der Waals surface area contributed by atoms with Crippen molar-refractivity contribution in [3.8, 4) is 5.69 Å². The molecule has 0 radical (unpaired) electrons. The number of hydrogen-bond acceptors (Lipinski definition) is 4. The maximum atomic E-state index is 13.0. The summed E-state index contributed by atoms with van der Waals surface area (Å²) < 4.78 is 20.2. The minimum Gasteiger partial charge on any atom is -0.459 e. The molecule has 6 nitrogen and oxygen atoms in total. The maximum Gasteiger partial charge on any atom is 0.274 e. The summed E-state index contributed by atoms with van der Waals surface area (Å²) in [6.07, 6.45) is 1.49. The van der Waals surface area contributed by atoms with E-state index in [1.165, 1.54) is 23.0 Å². The van der Waals surface area contributed by atoms with Crippen molar-refractivity contribution in [3.63, 3.8) is 0 Å². The first kappa shape index (κ1) is 16.0. The van der Waals surface area contributed by atoms with E-state index in [4.69, 9.17) is 4.42 Å². The molecule has 0 spiro atoms. The molecule has 1 N–H and O–H groups in total. The molecule has 1 atom stereocenters. The van der Waals surface area contributed by atoms with Crippen LogP contribution in [0.1, 0.15) is 29.2 Å². The van der Waals surface area contributed by atoms with Gasteiger partial charge in [0.25, 0.3) is 5.91 Å². The van der Waals surface area contributed by atoms with Gasteiger partial charge in [-0.15, -0.1) is 5.10 Å². The number of halogens is 1. The molecule has 130 valence electrons. The number of fused-ring (bicyclic) bond motifs is 1. The fourth-order valence-electron chi connectivity index (χ4n) is 2.65. The maximum absolute atomic E-state index is 13.0. The van der Waals surface area contributed by atoms with Crippen LogP contribution in [0.4, 0.5) is 4.39 Å². The molecule has 0 fully saturated rings. The lowest BCUT2D eigenvalue weighted by atomic mass is 10.2. The fourth-order valence-corrected chi connectivity index (χ4v) is 2.65. The molecule has 4 rings (SSSR count). The standard InChI is InChI=1S/C19H15FN4O2/c1-12(18-10-13-4-2-3-5-17(13)26-18)21-19(25)16-11-24(23-22-16)15-8-6-14(20)7-9-15/h2-12H,1H3,(H,21,25)/t12-/m0/s1. The van der Waals surface area contributed by atoms with Gasteiger partial charge < -0.3 is 9.73 Å². The van der Waals surface area contributed by atoms with Gasteiger partial charge >= 0.3 is 0 Å². The normalized spacial score (nSPS) is 12.2. The molecule has 0 unspecified atom stereocenters.